The van der Waals surface area contributed by atoms with E-state index in [0.29, 0.717) is 38.6 Å². The van der Waals surface area contributed by atoms with Crippen LogP contribution in [0.2, 0.25) is 5.02 Å². The normalized spacial score (nSPS) is 11.8. The summed E-state index contributed by atoms with van der Waals surface area (Å²) in [5.41, 5.74) is 2.49. The number of aromatic amines is 1. The van der Waals surface area contributed by atoms with Gasteiger partial charge in [-0.3, -0.25) is 4.79 Å². The van der Waals surface area contributed by atoms with Gasteiger partial charge in [0.25, 0.3) is 5.56 Å². The van der Waals surface area contributed by atoms with Crippen molar-refractivity contribution in [3.8, 4) is 22.6 Å². The Bertz CT molecular complexity index is 1490. The zero-order chi connectivity index (χ0) is 23.0. The highest BCUT2D eigenvalue weighted by Crippen LogP contribution is 2.39. The molecule has 0 saturated carbocycles. The fraction of sp³-hybridized carbons (Fsp3) is 0.208. The third kappa shape index (κ3) is 3.94. The minimum atomic E-state index is -3.43. The molecular weight excluding hydrogens is 448 g/mol. The maximum atomic E-state index is 12.6. The number of hydrogen-bond donors (Lipinski definition) is 1. The summed E-state index contributed by atoms with van der Waals surface area (Å²) in [6.07, 6.45) is 4.14. The molecule has 2 aromatic carbocycles. The van der Waals surface area contributed by atoms with Crippen LogP contribution in [0.4, 0.5) is 0 Å². The third-order valence-electron chi connectivity index (χ3n) is 5.53. The number of aryl methyl sites for hydroxylation is 2. The lowest BCUT2D eigenvalue weighted by molar-refractivity contribution is 0.483. The summed E-state index contributed by atoms with van der Waals surface area (Å²) in [7, 11) is -1.76. The van der Waals surface area contributed by atoms with Crippen molar-refractivity contribution in [3.63, 3.8) is 0 Å². The van der Waals surface area contributed by atoms with Crippen LogP contribution in [0.25, 0.3) is 22.0 Å². The molecule has 32 heavy (non-hydrogen) atoms. The number of aromatic nitrogens is 2. The van der Waals surface area contributed by atoms with Crippen molar-refractivity contribution in [2.75, 3.05) is 5.75 Å². The number of rotatable bonds is 6. The van der Waals surface area contributed by atoms with Gasteiger partial charge in [-0.2, -0.15) is 0 Å². The van der Waals surface area contributed by atoms with Gasteiger partial charge in [-0.25, -0.2) is 8.42 Å². The first kappa shape index (κ1) is 22.2. The molecule has 0 unspecified atom stereocenters. The molecule has 166 valence electrons. The number of sulfone groups is 1. The largest absolute Gasteiger partial charge is 0.457 e. The Balaban J connectivity index is 1.92. The van der Waals surface area contributed by atoms with E-state index in [1.807, 2.05) is 19.1 Å². The summed E-state index contributed by atoms with van der Waals surface area (Å²) < 4.78 is 32.8. The van der Waals surface area contributed by atoms with Gasteiger partial charge in [0.15, 0.2) is 9.84 Å². The molecule has 0 spiro atoms. The van der Waals surface area contributed by atoms with Crippen LogP contribution in [0.3, 0.4) is 0 Å². The van der Waals surface area contributed by atoms with Gasteiger partial charge >= 0.3 is 0 Å². The second-order valence-corrected chi connectivity index (χ2v) is 10.2. The lowest BCUT2D eigenvalue weighted by Gasteiger charge is -2.14. The van der Waals surface area contributed by atoms with E-state index in [0.717, 1.165) is 12.0 Å². The molecule has 0 aliphatic rings. The van der Waals surface area contributed by atoms with Gasteiger partial charge in [-0.05, 0) is 54.4 Å². The van der Waals surface area contributed by atoms with Crippen molar-refractivity contribution < 1.29 is 13.2 Å². The van der Waals surface area contributed by atoms with E-state index >= 15 is 0 Å². The van der Waals surface area contributed by atoms with E-state index in [1.54, 1.807) is 56.7 Å². The van der Waals surface area contributed by atoms with Gasteiger partial charge in [0, 0.05) is 41.0 Å². The predicted molar refractivity (Wildman–Crippen MR) is 128 cm³/mol. The highest BCUT2D eigenvalue weighted by atomic mass is 35.5. The maximum absolute atomic E-state index is 12.6. The van der Waals surface area contributed by atoms with Crippen LogP contribution >= 0.6 is 11.6 Å². The topological polar surface area (TPSA) is 81.2 Å². The van der Waals surface area contributed by atoms with Crippen molar-refractivity contribution in [2.24, 2.45) is 7.05 Å². The average molecular weight is 471 g/mol. The Kier molecular flexibility index (Phi) is 5.88. The van der Waals surface area contributed by atoms with E-state index in [9.17, 15) is 13.2 Å². The predicted octanol–water partition coefficient (Wildman–Crippen LogP) is 5.34. The molecule has 0 amide bonds. The van der Waals surface area contributed by atoms with Crippen molar-refractivity contribution in [1.82, 2.24) is 9.55 Å². The fourth-order valence-electron chi connectivity index (χ4n) is 3.62. The van der Waals surface area contributed by atoms with Gasteiger partial charge in [0.2, 0.25) is 0 Å². The maximum Gasteiger partial charge on any atom is 0.274 e. The van der Waals surface area contributed by atoms with Gasteiger partial charge in [-0.1, -0.05) is 25.4 Å². The Morgan fingerprint density at radius 2 is 1.84 bits per heavy atom. The van der Waals surface area contributed by atoms with E-state index in [-0.39, 0.29) is 16.2 Å². The first-order valence-electron chi connectivity index (χ1n) is 10.2. The molecule has 0 aliphatic carbocycles. The highest BCUT2D eigenvalue weighted by molar-refractivity contribution is 7.91. The third-order valence-corrected chi connectivity index (χ3v) is 7.63. The number of benzene rings is 2. The van der Waals surface area contributed by atoms with Crippen LogP contribution in [-0.2, 0) is 23.3 Å². The Morgan fingerprint density at radius 1 is 1.06 bits per heavy atom. The SMILES string of the molecule is CCc1cc(Oc2ccc(S(=O)(=O)CC)cc2-c2c[nH]c3c(=O)n(C)ccc23)ccc1Cl. The number of nitrogens with zero attached hydrogens (tertiary/aromatic N) is 1. The van der Waals surface area contributed by atoms with E-state index in [4.69, 9.17) is 16.3 Å². The summed E-state index contributed by atoms with van der Waals surface area (Å²) in [4.78, 5) is 15.7. The molecule has 0 atom stereocenters. The van der Waals surface area contributed by atoms with E-state index < -0.39 is 9.84 Å². The van der Waals surface area contributed by atoms with Crippen molar-refractivity contribution in [1.29, 1.82) is 0 Å². The lowest BCUT2D eigenvalue weighted by Crippen LogP contribution is -2.15. The summed E-state index contributed by atoms with van der Waals surface area (Å²) in [6.45, 7) is 3.61. The molecule has 4 rings (SSSR count). The van der Waals surface area contributed by atoms with Crippen LogP contribution in [-0.4, -0.2) is 23.7 Å². The molecule has 4 aromatic rings. The Morgan fingerprint density at radius 3 is 2.56 bits per heavy atom. The monoisotopic (exact) mass is 470 g/mol. The fourth-order valence-corrected chi connectivity index (χ4v) is 4.78. The molecule has 0 bridgehead atoms. The molecule has 1 N–H and O–H groups in total. The van der Waals surface area contributed by atoms with Gasteiger partial charge in [-0.15, -0.1) is 0 Å². The molecular formula is C24H23ClN2O4S. The minimum Gasteiger partial charge on any atom is -0.457 e. The molecule has 0 fully saturated rings. The smallest absolute Gasteiger partial charge is 0.274 e. The summed E-state index contributed by atoms with van der Waals surface area (Å²) in [5, 5.41) is 1.35. The number of pyridine rings is 1. The van der Waals surface area contributed by atoms with E-state index in [2.05, 4.69) is 4.98 Å². The summed E-state index contributed by atoms with van der Waals surface area (Å²) in [5.74, 6) is 1.05. The molecule has 0 radical (unpaired) electrons. The number of nitrogens with one attached hydrogen (secondary N) is 1. The number of H-pyrrole nitrogens is 1. The Hall–Kier alpha value is -3.03. The second-order valence-electron chi connectivity index (χ2n) is 7.49. The number of ether oxygens (including phenoxy) is 1. The molecule has 2 aromatic heterocycles. The number of halogens is 1. The molecule has 0 saturated heterocycles. The van der Waals surface area contributed by atoms with Crippen LogP contribution in [0.5, 0.6) is 11.5 Å². The number of fused-ring (bicyclic) bond motifs is 1. The van der Waals surface area contributed by atoms with Crippen molar-refractivity contribution in [3.05, 3.63) is 75.8 Å². The minimum absolute atomic E-state index is 0.0158. The quantitative estimate of drug-likeness (QED) is 0.412. The van der Waals surface area contributed by atoms with Gasteiger partial charge in [0.1, 0.15) is 17.0 Å². The zero-order valence-corrected chi connectivity index (χ0v) is 19.5. The number of hydrogen-bond acceptors (Lipinski definition) is 4. The van der Waals surface area contributed by atoms with Crippen LogP contribution in [0.15, 0.2) is 64.5 Å². The van der Waals surface area contributed by atoms with Gasteiger partial charge in [0.05, 0.1) is 10.6 Å². The summed E-state index contributed by atoms with van der Waals surface area (Å²) in [6, 6.07) is 12.0. The summed E-state index contributed by atoms with van der Waals surface area (Å²) >= 11 is 6.23. The van der Waals surface area contributed by atoms with Crippen molar-refractivity contribution in [2.45, 2.75) is 25.2 Å². The molecule has 0 aliphatic heterocycles. The van der Waals surface area contributed by atoms with Gasteiger partial charge < -0.3 is 14.3 Å². The van der Waals surface area contributed by atoms with Crippen LogP contribution in [0, 0.1) is 0 Å². The molecule has 6 nitrogen and oxygen atoms in total. The first-order valence-corrected chi connectivity index (χ1v) is 12.3. The standard InChI is InChI=1S/C24H23ClN2O4S/c1-4-15-12-16(6-8-21(15)25)31-22-9-7-17(32(29,30)5-2)13-19(22)20-14-26-23-18(20)10-11-27(3)24(23)28/h6-14,26H,4-5H2,1-3H3. The lowest BCUT2D eigenvalue weighted by atomic mass is 10.0. The van der Waals surface area contributed by atoms with Crippen LogP contribution < -0.4 is 10.3 Å². The molecule has 2 heterocycles. The van der Waals surface area contributed by atoms with Crippen LogP contribution in [0.1, 0.15) is 19.4 Å². The highest BCUT2D eigenvalue weighted by Gasteiger charge is 2.19. The molecule has 8 heteroatoms. The Labute approximate surface area is 191 Å². The van der Waals surface area contributed by atoms with E-state index in [1.165, 1.54) is 4.57 Å². The second kappa shape index (κ2) is 8.48. The zero-order valence-electron chi connectivity index (χ0n) is 18.0. The average Bonchev–Trinajstić information content (AvgIpc) is 3.22. The van der Waals surface area contributed by atoms with Crippen molar-refractivity contribution >= 4 is 32.3 Å². The first-order chi connectivity index (χ1) is 15.2.